The number of hydrogen-bond acceptors (Lipinski definition) is 6. The number of benzene rings is 2. The molecule has 2 heterocycles. The molecule has 8 heteroatoms. The molecule has 1 unspecified atom stereocenters. The van der Waals surface area contributed by atoms with Crippen molar-refractivity contribution in [3.63, 3.8) is 0 Å². The van der Waals surface area contributed by atoms with E-state index >= 15 is 0 Å². The van der Waals surface area contributed by atoms with Gasteiger partial charge in [-0.1, -0.05) is 6.07 Å². The van der Waals surface area contributed by atoms with Crippen LogP contribution in [0.3, 0.4) is 0 Å². The molecule has 2 aromatic carbocycles. The van der Waals surface area contributed by atoms with E-state index in [0.29, 0.717) is 39.5 Å². The first kappa shape index (κ1) is 20.4. The molecule has 0 aliphatic carbocycles. The van der Waals surface area contributed by atoms with Gasteiger partial charge in [0.2, 0.25) is 0 Å². The second-order valence-corrected chi connectivity index (χ2v) is 8.22. The van der Waals surface area contributed by atoms with Crippen LogP contribution >= 0.6 is 11.3 Å². The fourth-order valence-corrected chi connectivity index (χ4v) is 4.67. The lowest BCUT2D eigenvalue weighted by molar-refractivity contribution is -0.0442. The van der Waals surface area contributed by atoms with E-state index in [1.807, 2.05) is 4.90 Å². The smallest absolute Gasteiger partial charge is 0.165 e. The Bertz CT molecular complexity index is 1140. The minimum Gasteiger partial charge on any atom is -0.494 e. The Hall–Kier alpha value is -2.83. The Morgan fingerprint density at radius 2 is 1.87 bits per heavy atom. The van der Waals surface area contributed by atoms with Gasteiger partial charge in [-0.2, -0.15) is 5.26 Å². The first-order valence-corrected chi connectivity index (χ1v) is 10.1. The maximum absolute atomic E-state index is 14.3. The molecule has 3 N–H and O–H groups in total. The molecule has 1 saturated heterocycles. The molecule has 1 aromatic heterocycles. The molecule has 3 aromatic rings. The number of thiophene rings is 1. The van der Waals surface area contributed by atoms with E-state index in [0.717, 1.165) is 0 Å². The summed E-state index contributed by atoms with van der Waals surface area (Å²) in [5, 5.41) is 19.7. The van der Waals surface area contributed by atoms with Crippen molar-refractivity contribution in [1.82, 2.24) is 4.90 Å². The summed E-state index contributed by atoms with van der Waals surface area (Å²) in [6.07, 6.45) is -0.853. The van der Waals surface area contributed by atoms with Crippen LogP contribution in [0.25, 0.3) is 21.6 Å². The Balaban J connectivity index is 1.82. The molecule has 4 rings (SSSR count). The van der Waals surface area contributed by atoms with Gasteiger partial charge in [0.05, 0.1) is 12.7 Å². The number of rotatable bonds is 5. The number of likely N-dealkylation sites (tertiary alicyclic amines) is 1. The quantitative estimate of drug-likeness (QED) is 0.646. The molecule has 1 aliphatic heterocycles. The maximum Gasteiger partial charge on any atom is 0.165 e. The maximum atomic E-state index is 14.3. The highest BCUT2D eigenvalue weighted by atomic mass is 32.1. The van der Waals surface area contributed by atoms with Crippen molar-refractivity contribution in [3.8, 4) is 33.4 Å². The number of hydrogen-bond donors (Lipinski definition) is 2. The average Bonchev–Trinajstić information content (AvgIpc) is 3.16. The summed E-state index contributed by atoms with van der Waals surface area (Å²) in [7, 11) is 1.39. The number of aliphatic hydroxyl groups excluding tert-OH is 1. The summed E-state index contributed by atoms with van der Waals surface area (Å²) in [5.74, 6) is -1.03. The number of nitrogens with zero attached hydrogens (tertiary/aromatic N) is 2. The van der Waals surface area contributed by atoms with Crippen LogP contribution in [0.4, 0.5) is 8.78 Å². The zero-order chi connectivity index (χ0) is 21.4. The molecular formula is C22H19F2N3O2S. The van der Waals surface area contributed by atoms with Gasteiger partial charge < -0.3 is 15.6 Å². The molecule has 5 nitrogen and oxygen atoms in total. The second kappa shape index (κ2) is 8.13. The Morgan fingerprint density at radius 3 is 2.47 bits per heavy atom. The molecule has 1 atom stereocenters. The molecule has 0 spiro atoms. The van der Waals surface area contributed by atoms with Crippen LogP contribution < -0.4 is 10.5 Å². The van der Waals surface area contributed by atoms with E-state index in [-0.39, 0.29) is 17.4 Å². The van der Waals surface area contributed by atoms with Crippen molar-refractivity contribution < 1.29 is 18.6 Å². The molecule has 1 aliphatic rings. The average molecular weight is 427 g/mol. The molecule has 0 saturated carbocycles. The highest BCUT2D eigenvalue weighted by Gasteiger charge is 2.31. The van der Waals surface area contributed by atoms with E-state index in [4.69, 9.17) is 15.7 Å². The predicted molar refractivity (Wildman–Crippen MR) is 111 cm³/mol. The molecule has 1 fully saturated rings. The zero-order valence-electron chi connectivity index (χ0n) is 16.1. The van der Waals surface area contributed by atoms with Crippen LogP contribution in [-0.2, 0) is 0 Å². The van der Waals surface area contributed by atoms with Crippen molar-refractivity contribution in [2.45, 2.75) is 12.3 Å². The molecule has 0 bridgehead atoms. The van der Waals surface area contributed by atoms with Crippen molar-refractivity contribution >= 4 is 11.3 Å². The number of nitriles is 1. The number of ether oxygens (including phenoxy) is 1. The number of halogens is 2. The third kappa shape index (κ3) is 3.68. The summed E-state index contributed by atoms with van der Waals surface area (Å²) >= 11 is 1.30. The summed E-state index contributed by atoms with van der Waals surface area (Å²) in [4.78, 5) is 3.16. The van der Waals surface area contributed by atoms with Gasteiger partial charge in [0.15, 0.2) is 11.6 Å². The molecular weight excluding hydrogens is 408 g/mol. The summed E-state index contributed by atoms with van der Waals surface area (Å²) in [6.45, 7) is 1.15. The van der Waals surface area contributed by atoms with Crippen LogP contribution in [0.2, 0.25) is 0 Å². The minimum atomic E-state index is -0.853. The van der Waals surface area contributed by atoms with Crippen LogP contribution in [-0.4, -0.2) is 36.2 Å². The highest BCUT2D eigenvalue weighted by Crippen LogP contribution is 2.43. The van der Waals surface area contributed by atoms with Crippen molar-refractivity contribution in [3.05, 3.63) is 64.5 Å². The van der Waals surface area contributed by atoms with Crippen molar-refractivity contribution in [1.29, 1.82) is 5.26 Å². The third-order valence-corrected chi connectivity index (χ3v) is 6.33. The van der Waals surface area contributed by atoms with Crippen molar-refractivity contribution in [2.24, 2.45) is 5.73 Å². The lowest BCUT2D eigenvalue weighted by Crippen LogP contribution is -2.56. The lowest BCUT2D eigenvalue weighted by Gasteiger charge is -2.39. The lowest BCUT2D eigenvalue weighted by atomic mass is 10.00. The molecule has 0 amide bonds. The molecule has 154 valence electrons. The largest absolute Gasteiger partial charge is 0.494 e. The normalized spacial score (nSPS) is 15.5. The first-order valence-electron chi connectivity index (χ1n) is 9.26. The Kier molecular flexibility index (Phi) is 5.54. The summed E-state index contributed by atoms with van der Waals surface area (Å²) < 4.78 is 33.6. The zero-order valence-corrected chi connectivity index (χ0v) is 16.9. The highest BCUT2D eigenvalue weighted by molar-refractivity contribution is 7.16. The molecule has 30 heavy (non-hydrogen) atoms. The second-order valence-electron chi connectivity index (χ2n) is 7.13. The van der Waals surface area contributed by atoms with Gasteiger partial charge in [-0.15, -0.1) is 11.3 Å². The van der Waals surface area contributed by atoms with E-state index in [2.05, 4.69) is 0 Å². The minimum absolute atomic E-state index is 0.0295. The Morgan fingerprint density at radius 1 is 1.17 bits per heavy atom. The van der Waals surface area contributed by atoms with Crippen LogP contribution in [0.15, 0.2) is 42.5 Å². The SMILES string of the molecule is COc1ccc(-c2sc(C(O)N3CC(N)C3)cc2-c2ccc(C#N)c(F)c2)cc1F. The number of methoxy groups -OCH3 is 1. The van der Waals surface area contributed by atoms with Gasteiger partial charge in [-0.3, -0.25) is 4.90 Å². The van der Waals surface area contributed by atoms with Crippen LogP contribution in [0, 0.1) is 23.0 Å². The number of aliphatic hydroxyl groups is 1. The number of nitrogens with two attached hydrogens (primary N) is 1. The van der Waals surface area contributed by atoms with Gasteiger partial charge in [0.25, 0.3) is 0 Å². The standard InChI is InChI=1S/C22H19F2N3O2S/c1-29-19-5-4-13(7-18(19)24)21-16(12-2-3-14(9-25)17(23)6-12)8-20(30-21)22(28)27-10-15(26)11-27/h2-8,15,22,28H,10-11,26H2,1H3. The molecule has 0 radical (unpaired) electrons. The third-order valence-electron chi connectivity index (χ3n) is 5.10. The van der Waals surface area contributed by atoms with E-state index in [1.165, 1.54) is 42.7 Å². The summed E-state index contributed by atoms with van der Waals surface area (Å²) in [5.41, 5.74) is 7.52. The van der Waals surface area contributed by atoms with Gasteiger partial charge >= 0.3 is 0 Å². The van der Waals surface area contributed by atoms with Gasteiger partial charge in [0, 0.05) is 34.4 Å². The van der Waals surface area contributed by atoms with Crippen LogP contribution in [0.1, 0.15) is 16.7 Å². The van der Waals surface area contributed by atoms with E-state index in [9.17, 15) is 13.9 Å². The topological polar surface area (TPSA) is 82.5 Å². The van der Waals surface area contributed by atoms with Crippen molar-refractivity contribution in [2.75, 3.05) is 20.2 Å². The monoisotopic (exact) mass is 427 g/mol. The van der Waals surface area contributed by atoms with Gasteiger partial charge in [0.1, 0.15) is 18.1 Å². The van der Waals surface area contributed by atoms with Gasteiger partial charge in [-0.05, 0) is 47.5 Å². The predicted octanol–water partition coefficient (Wildman–Crippen LogP) is 3.87. The van der Waals surface area contributed by atoms with Crippen LogP contribution in [0.5, 0.6) is 5.75 Å². The fourth-order valence-electron chi connectivity index (χ4n) is 3.48. The van der Waals surface area contributed by atoms with Gasteiger partial charge in [-0.25, -0.2) is 8.78 Å². The summed E-state index contributed by atoms with van der Waals surface area (Å²) in [6, 6.07) is 12.5. The van der Waals surface area contributed by atoms with E-state index < -0.39 is 17.9 Å². The Labute approximate surface area is 176 Å². The first-order chi connectivity index (χ1) is 14.4. The fraction of sp³-hybridized carbons (Fsp3) is 0.227. The van der Waals surface area contributed by atoms with E-state index in [1.54, 1.807) is 24.3 Å².